The fourth-order valence-corrected chi connectivity index (χ4v) is 3.55. The fourth-order valence-electron chi connectivity index (χ4n) is 3.55. The van der Waals surface area contributed by atoms with E-state index in [4.69, 9.17) is 5.26 Å². The molecular formula is C22H21F3N4O2. The van der Waals surface area contributed by atoms with E-state index in [1.807, 2.05) is 19.9 Å². The maximum Gasteiger partial charge on any atom is 0.416 e. The minimum absolute atomic E-state index is 0.0497. The van der Waals surface area contributed by atoms with Crippen LogP contribution >= 0.6 is 0 Å². The van der Waals surface area contributed by atoms with Crippen LogP contribution in [0.3, 0.4) is 0 Å². The van der Waals surface area contributed by atoms with E-state index in [2.05, 4.69) is 4.98 Å². The number of nitriles is 1. The van der Waals surface area contributed by atoms with Crippen molar-refractivity contribution >= 4 is 17.6 Å². The number of aromatic nitrogens is 1. The lowest BCUT2D eigenvalue weighted by Crippen LogP contribution is -2.41. The molecule has 1 atom stereocenters. The van der Waals surface area contributed by atoms with Gasteiger partial charge in [-0.2, -0.15) is 18.4 Å². The minimum Gasteiger partial charge on any atom is -0.312 e. The molecule has 0 spiro atoms. The molecule has 0 N–H and O–H groups in total. The van der Waals surface area contributed by atoms with Gasteiger partial charge in [-0.1, -0.05) is 32.0 Å². The summed E-state index contributed by atoms with van der Waals surface area (Å²) in [7, 11) is 0. The van der Waals surface area contributed by atoms with Crippen molar-refractivity contribution in [1.82, 2.24) is 9.88 Å². The summed E-state index contributed by atoms with van der Waals surface area (Å²) < 4.78 is 38.7. The fraction of sp³-hybridized carbons (Fsp3) is 0.364. The van der Waals surface area contributed by atoms with Gasteiger partial charge in [0.1, 0.15) is 11.9 Å². The molecule has 31 heavy (non-hydrogen) atoms. The molecule has 0 radical (unpaired) electrons. The molecule has 0 aliphatic carbocycles. The number of ketones is 1. The third kappa shape index (κ3) is 5.02. The lowest BCUT2D eigenvalue weighted by atomic mass is 10.0. The second-order valence-corrected chi connectivity index (χ2v) is 7.76. The van der Waals surface area contributed by atoms with Crippen LogP contribution in [0.25, 0.3) is 0 Å². The van der Waals surface area contributed by atoms with Gasteiger partial charge in [0.2, 0.25) is 0 Å². The Balaban J connectivity index is 1.75. The maximum absolute atomic E-state index is 13.0. The SMILES string of the molecule is CC(C)[C@H]1CN(c2ccc(C#N)cn2)C(=O)N1CC(=O)Cc1cccc(C(F)(F)F)c1. The molecule has 1 saturated heterocycles. The zero-order valence-electron chi connectivity index (χ0n) is 17.1. The summed E-state index contributed by atoms with van der Waals surface area (Å²) in [6, 6.07) is 9.08. The number of benzene rings is 1. The van der Waals surface area contributed by atoms with Crippen molar-refractivity contribution in [3.05, 3.63) is 59.3 Å². The Kier molecular flexibility index (Phi) is 6.29. The summed E-state index contributed by atoms with van der Waals surface area (Å²) in [5.41, 5.74) is -0.199. The second kappa shape index (κ2) is 8.76. The van der Waals surface area contributed by atoms with Gasteiger partial charge in [0.25, 0.3) is 0 Å². The molecule has 1 aliphatic heterocycles. The minimum atomic E-state index is -4.48. The van der Waals surface area contributed by atoms with Crippen LogP contribution < -0.4 is 4.90 Å². The molecule has 1 aromatic carbocycles. The number of hydrogen-bond donors (Lipinski definition) is 0. The van der Waals surface area contributed by atoms with E-state index in [0.717, 1.165) is 12.1 Å². The molecule has 1 aliphatic rings. The largest absolute Gasteiger partial charge is 0.416 e. The number of Topliss-reactive ketones (excluding diaryl/α,β-unsaturated/α-hetero) is 1. The van der Waals surface area contributed by atoms with Crippen molar-refractivity contribution < 1.29 is 22.8 Å². The predicted molar refractivity (Wildman–Crippen MR) is 107 cm³/mol. The van der Waals surface area contributed by atoms with Crippen molar-refractivity contribution in [1.29, 1.82) is 5.26 Å². The van der Waals surface area contributed by atoms with Gasteiger partial charge in [-0.15, -0.1) is 0 Å². The molecule has 0 unspecified atom stereocenters. The molecular weight excluding hydrogens is 409 g/mol. The van der Waals surface area contributed by atoms with Crippen LogP contribution in [0.4, 0.5) is 23.8 Å². The second-order valence-electron chi connectivity index (χ2n) is 7.76. The molecule has 2 heterocycles. The molecule has 2 aromatic rings. The zero-order valence-corrected chi connectivity index (χ0v) is 17.1. The summed E-state index contributed by atoms with van der Waals surface area (Å²) in [5, 5.41) is 8.91. The van der Waals surface area contributed by atoms with Gasteiger partial charge in [-0.25, -0.2) is 9.78 Å². The molecule has 6 nitrogen and oxygen atoms in total. The number of nitrogens with zero attached hydrogens (tertiary/aromatic N) is 4. The Hall–Kier alpha value is -3.41. The maximum atomic E-state index is 13.0. The van der Waals surface area contributed by atoms with Crippen molar-refractivity contribution in [3.63, 3.8) is 0 Å². The summed E-state index contributed by atoms with van der Waals surface area (Å²) in [6.07, 6.45) is -3.32. The highest BCUT2D eigenvalue weighted by Crippen LogP contribution is 2.30. The number of halogens is 3. The standard InChI is InChI=1S/C22H21F3N4O2/c1-14(2)19-13-29(20-7-6-16(10-26)11-27-20)21(31)28(19)12-18(30)9-15-4-3-5-17(8-15)22(23,24)25/h3-8,11,14,19H,9,12-13H2,1-2H3/t19-/m1/s1. The first kappa shape index (κ1) is 22.3. The van der Waals surface area contributed by atoms with E-state index in [1.165, 1.54) is 28.1 Å². The van der Waals surface area contributed by atoms with Crippen molar-refractivity contribution in [2.75, 3.05) is 18.0 Å². The number of carbonyl (C=O) groups is 2. The number of urea groups is 1. The van der Waals surface area contributed by atoms with Crippen LogP contribution in [0.1, 0.15) is 30.5 Å². The first-order valence-electron chi connectivity index (χ1n) is 9.72. The molecule has 162 valence electrons. The molecule has 1 fully saturated rings. The molecule has 9 heteroatoms. The summed E-state index contributed by atoms with van der Waals surface area (Å²) in [6.45, 7) is 3.98. The number of alkyl halides is 3. The van der Waals surface area contributed by atoms with Crippen LogP contribution in [0, 0.1) is 17.2 Å². The summed E-state index contributed by atoms with van der Waals surface area (Å²) in [5.74, 6) is 0.0733. The highest BCUT2D eigenvalue weighted by atomic mass is 19.4. The van der Waals surface area contributed by atoms with E-state index in [9.17, 15) is 22.8 Å². The van der Waals surface area contributed by atoms with Crippen LogP contribution in [-0.2, 0) is 17.4 Å². The van der Waals surface area contributed by atoms with Crippen LogP contribution in [-0.4, -0.2) is 40.8 Å². The summed E-state index contributed by atoms with van der Waals surface area (Å²) >= 11 is 0. The smallest absolute Gasteiger partial charge is 0.312 e. The van der Waals surface area contributed by atoms with E-state index in [-0.39, 0.29) is 36.3 Å². The van der Waals surface area contributed by atoms with Gasteiger partial charge in [0.15, 0.2) is 5.78 Å². The Labute approximate surface area is 177 Å². The van der Waals surface area contributed by atoms with Crippen LogP contribution in [0.5, 0.6) is 0 Å². The van der Waals surface area contributed by atoms with Crippen molar-refractivity contribution in [2.24, 2.45) is 5.92 Å². The average Bonchev–Trinajstić information content (AvgIpc) is 3.04. The number of amides is 2. The molecule has 3 rings (SSSR count). The molecule has 1 aromatic heterocycles. The van der Waals surface area contributed by atoms with Crippen molar-refractivity contribution in [3.8, 4) is 6.07 Å². The molecule has 0 saturated carbocycles. The number of pyridine rings is 1. The van der Waals surface area contributed by atoms with Gasteiger partial charge in [-0.3, -0.25) is 9.69 Å². The number of rotatable bonds is 6. The van der Waals surface area contributed by atoms with Gasteiger partial charge in [0.05, 0.1) is 23.7 Å². The molecule has 2 amide bonds. The monoisotopic (exact) mass is 430 g/mol. The first-order chi connectivity index (χ1) is 14.6. The van der Waals surface area contributed by atoms with E-state index in [1.54, 1.807) is 12.1 Å². The first-order valence-corrected chi connectivity index (χ1v) is 9.72. The Morgan fingerprint density at radius 2 is 2.03 bits per heavy atom. The van der Waals surface area contributed by atoms with Gasteiger partial charge < -0.3 is 4.90 Å². The zero-order chi connectivity index (χ0) is 22.8. The van der Waals surface area contributed by atoms with Gasteiger partial charge in [-0.05, 0) is 29.7 Å². The average molecular weight is 430 g/mol. The number of carbonyl (C=O) groups excluding carboxylic acids is 2. The normalized spacial score (nSPS) is 16.7. The number of anilines is 1. The Bertz CT molecular complexity index is 1010. The Morgan fingerprint density at radius 1 is 1.29 bits per heavy atom. The van der Waals surface area contributed by atoms with Crippen LogP contribution in [0.2, 0.25) is 0 Å². The van der Waals surface area contributed by atoms with E-state index >= 15 is 0 Å². The van der Waals surface area contributed by atoms with Gasteiger partial charge >= 0.3 is 12.2 Å². The highest BCUT2D eigenvalue weighted by molar-refractivity contribution is 5.96. The third-order valence-electron chi connectivity index (χ3n) is 5.17. The van der Waals surface area contributed by atoms with E-state index in [0.29, 0.717) is 17.9 Å². The van der Waals surface area contributed by atoms with Gasteiger partial charge in [0, 0.05) is 19.2 Å². The summed E-state index contributed by atoms with van der Waals surface area (Å²) in [4.78, 5) is 32.7. The van der Waals surface area contributed by atoms with Crippen molar-refractivity contribution in [2.45, 2.75) is 32.5 Å². The molecule has 0 bridgehead atoms. The third-order valence-corrected chi connectivity index (χ3v) is 5.17. The highest BCUT2D eigenvalue weighted by Gasteiger charge is 2.40. The number of hydrogen-bond acceptors (Lipinski definition) is 4. The quantitative estimate of drug-likeness (QED) is 0.693. The lowest BCUT2D eigenvalue weighted by molar-refractivity contribution is -0.137. The lowest BCUT2D eigenvalue weighted by Gasteiger charge is -2.25. The van der Waals surface area contributed by atoms with Crippen LogP contribution in [0.15, 0.2) is 42.6 Å². The van der Waals surface area contributed by atoms with E-state index < -0.39 is 17.8 Å². The predicted octanol–water partition coefficient (Wildman–Crippen LogP) is 4.05. The topological polar surface area (TPSA) is 77.3 Å². The Morgan fingerprint density at radius 3 is 2.61 bits per heavy atom.